The molecule has 16 heavy (non-hydrogen) atoms. The summed E-state index contributed by atoms with van der Waals surface area (Å²) in [5.41, 5.74) is -0.148. The molecule has 0 radical (unpaired) electrons. The van der Waals surface area contributed by atoms with E-state index in [1.807, 2.05) is 46.8 Å². The van der Waals surface area contributed by atoms with Gasteiger partial charge in [-0.2, -0.15) is 0 Å². The van der Waals surface area contributed by atoms with Crippen molar-refractivity contribution < 1.29 is 9.15 Å². The summed E-state index contributed by atoms with van der Waals surface area (Å²) in [5, 5.41) is 0. The Morgan fingerprint density at radius 2 is 2.06 bits per heavy atom. The number of hydrogen-bond donors (Lipinski definition) is 0. The summed E-state index contributed by atoms with van der Waals surface area (Å²) >= 11 is 0. The molecule has 1 aromatic rings. The first kappa shape index (κ1) is 12.8. The molecule has 0 aliphatic heterocycles. The molecular weight excluding hydrogens is 202 g/mol. The van der Waals surface area contributed by atoms with Gasteiger partial charge in [0.2, 0.25) is 6.10 Å². The van der Waals surface area contributed by atoms with Crippen LogP contribution in [0.4, 0.5) is 0 Å². The van der Waals surface area contributed by atoms with Gasteiger partial charge in [0, 0.05) is 20.8 Å². The van der Waals surface area contributed by atoms with E-state index in [9.17, 15) is 0 Å². The Hall–Kier alpha value is -1.27. The first-order valence-electron chi connectivity index (χ1n) is 5.55. The maximum absolute atomic E-state index is 5.69. The van der Waals surface area contributed by atoms with Gasteiger partial charge in [0.15, 0.2) is 5.76 Å². The molecule has 1 atom stereocenters. The lowest BCUT2D eigenvalue weighted by molar-refractivity contribution is 0.0283. The first-order chi connectivity index (χ1) is 7.38. The minimum absolute atomic E-state index is 0.109. The van der Waals surface area contributed by atoms with E-state index in [1.54, 1.807) is 6.26 Å². The molecule has 0 aliphatic rings. The van der Waals surface area contributed by atoms with E-state index in [0.717, 1.165) is 5.76 Å². The van der Waals surface area contributed by atoms with Crippen LogP contribution in [0.25, 0.3) is 4.85 Å². The van der Waals surface area contributed by atoms with Gasteiger partial charge in [-0.05, 0) is 26.0 Å². The Kier molecular flexibility index (Phi) is 4.14. The summed E-state index contributed by atoms with van der Waals surface area (Å²) in [6, 6.07) is 6.71. The second-order valence-electron chi connectivity index (χ2n) is 4.99. The van der Waals surface area contributed by atoms with Crippen molar-refractivity contribution in [3.8, 4) is 6.07 Å². The van der Waals surface area contributed by atoms with Gasteiger partial charge in [0.25, 0.3) is 5.54 Å². The number of nitrogens with zero attached hydrogens (tertiary/aromatic N) is 1. The molecule has 0 bridgehead atoms. The molecule has 1 unspecified atom stereocenters. The van der Waals surface area contributed by atoms with E-state index in [0.29, 0.717) is 0 Å². The highest BCUT2D eigenvalue weighted by molar-refractivity contribution is 5.14. The standard InChI is InChI=1S/C13H20NO2/c1-10(2)16-12(9-14-13(3,4)5)11-7-6-8-15-11/h6-8,10,12H,1-5H3/q+1. The average molecular weight is 222 g/mol. The highest BCUT2D eigenvalue weighted by Gasteiger charge is 2.24. The number of hydrogen-bond acceptors (Lipinski definition) is 2. The lowest BCUT2D eigenvalue weighted by Gasteiger charge is -2.09. The molecule has 3 nitrogen and oxygen atoms in total. The van der Waals surface area contributed by atoms with Crippen molar-refractivity contribution >= 4 is 0 Å². The predicted octanol–water partition coefficient (Wildman–Crippen LogP) is 3.88. The second kappa shape index (κ2) is 5.18. The molecule has 0 aliphatic carbocycles. The summed E-state index contributed by atoms with van der Waals surface area (Å²) in [6.45, 7) is 10.0. The second-order valence-corrected chi connectivity index (χ2v) is 4.99. The molecule has 0 N–H and O–H groups in total. The maximum atomic E-state index is 5.69. The summed E-state index contributed by atoms with van der Waals surface area (Å²) < 4.78 is 11.0. The quantitative estimate of drug-likeness (QED) is 0.776. The van der Waals surface area contributed by atoms with Gasteiger partial charge in [-0.1, -0.05) is 4.85 Å². The van der Waals surface area contributed by atoms with Crippen molar-refractivity contribution in [2.75, 3.05) is 0 Å². The van der Waals surface area contributed by atoms with E-state index in [2.05, 4.69) is 10.9 Å². The van der Waals surface area contributed by atoms with Crippen LogP contribution in [-0.4, -0.2) is 11.6 Å². The third kappa shape index (κ3) is 4.50. The van der Waals surface area contributed by atoms with Crippen molar-refractivity contribution in [2.24, 2.45) is 0 Å². The van der Waals surface area contributed by atoms with Crippen LogP contribution in [0.5, 0.6) is 0 Å². The maximum Gasteiger partial charge on any atom is 0.314 e. The fourth-order valence-corrected chi connectivity index (χ4v) is 1.13. The van der Waals surface area contributed by atoms with Gasteiger partial charge in [-0.25, -0.2) is 0 Å². The lowest BCUT2D eigenvalue weighted by Crippen LogP contribution is -2.10. The largest absolute Gasteiger partial charge is 0.465 e. The van der Waals surface area contributed by atoms with Crippen LogP contribution < -0.4 is 0 Å². The Bertz CT molecular complexity index is 363. The molecule has 1 heterocycles. The molecule has 0 saturated carbocycles. The Morgan fingerprint density at radius 3 is 2.50 bits per heavy atom. The van der Waals surface area contributed by atoms with E-state index in [4.69, 9.17) is 9.15 Å². The Balaban J connectivity index is 2.84. The fourth-order valence-electron chi connectivity index (χ4n) is 1.13. The third-order valence-electron chi connectivity index (χ3n) is 1.73. The smallest absolute Gasteiger partial charge is 0.314 e. The van der Waals surface area contributed by atoms with Crippen molar-refractivity contribution in [1.82, 2.24) is 0 Å². The SMILES string of the molecule is CC(C)OC(C#[N+]C(C)(C)C)c1ccco1. The normalized spacial score (nSPS) is 13.4. The zero-order chi connectivity index (χ0) is 12.2. The van der Waals surface area contributed by atoms with Crippen LogP contribution in [0, 0.1) is 6.07 Å². The van der Waals surface area contributed by atoms with E-state index in [1.165, 1.54) is 0 Å². The molecular formula is C13H20NO2+. The highest BCUT2D eigenvalue weighted by Crippen LogP contribution is 2.20. The summed E-state index contributed by atoms with van der Waals surface area (Å²) in [4.78, 5) is 4.33. The minimum atomic E-state index is -0.325. The van der Waals surface area contributed by atoms with E-state index < -0.39 is 0 Å². The molecule has 1 aromatic heterocycles. The molecule has 0 amide bonds. The van der Waals surface area contributed by atoms with Crippen LogP contribution in [0.2, 0.25) is 0 Å². The van der Waals surface area contributed by atoms with Gasteiger partial charge < -0.3 is 9.15 Å². The van der Waals surface area contributed by atoms with Crippen molar-refractivity contribution in [2.45, 2.75) is 52.4 Å². The van der Waals surface area contributed by atoms with Crippen LogP contribution >= 0.6 is 0 Å². The molecule has 88 valence electrons. The van der Waals surface area contributed by atoms with Crippen LogP contribution in [0.3, 0.4) is 0 Å². The minimum Gasteiger partial charge on any atom is -0.465 e. The number of rotatable bonds is 3. The molecule has 3 heteroatoms. The molecule has 1 rings (SSSR count). The van der Waals surface area contributed by atoms with E-state index >= 15 is 0 Å². The summed E-state index contributed by atoms with van der Waals surface area (Å²) in [6.07, 6.45) is 1.41. The monoisotopic (exact) mass is 222 g/mol. The molecule has 0 saturated heterocycles. The molecule has 0 fully saturated rings. The van der Waals surface area contributed by atoms with E-state index in [-0.39, 0.29) is 17.7 Å². The van der Waals surface area contributed by atoms with Gasteiger partial charge in [-0.3, -0.25) is 0 Å². The van der Waals surface area contributed by atoms with Crippen LogP contribution in [-0.2, 0) is 4.74 Å². The van der Waals surface area contributed by atoms with Crippen LogP contribution in [0.15, 0.2) is 22.8 Å². The predicted molar refractivity (Wildman–Crippen MR) is 64.7 cm³/mol. The summed E-state index contributed by atoms with van der Waals surface area (Å²) in [5.74, 6) is 0.738. The van der Waals surface area contributed by atoms with Crippen molar-refractivity contribution in [1.29, 1.82) is 0 Å². The average Bonchev–Trinajstić information content (AvgIpc) is 2.62. The Labute approximate surface area is 97.2 Å². The zero-order valence-electron chi connectivity index (χ0n) is 10.7. The zero-order valence-corrected chi connectivity index (χ0v) is 10.7. The van der Waals surface area contributed by atoms with Gasteiger partial charge >= 0.3 is 6.07 Å². The Morgan fingerprint density at radius 1 is 1.38 bits per heavy atom. The van der Waals surface area contributed by atoms with Crippen LogP contribution in [0.1, 0.15) is 46.5 Å². The first-order valence-corrected chi connectivity index (χ1v) is 5.55. The highest BCUT2D eigenvalue weighted by atomic mass is 16.5. The third-order valence-corrected chi connectivity index (χ3v) is 1.73. The van der Waals surface area contributed by atoms with Gasteiger partial charge in [0.1, 0.15) is 0 Å². The summed E-state index contributed by atoms with van der Waals surface area (Å²) in [7, 11) is 0. The topological polar surface area (TPSA) is 26.7 Å². The molecule has 0 aromatic carbocycles. The van der Waals surface area contributed by atoms with Crippen molar-refractivity contribution in [3.05, 3.63) is 29.0 Å². The van der Waals surface area contributed by atoms with Gasteiger partial charge in [-0.15, -0.1) is 0 Å². The lowest BCUT2D eigenvalue weighted by atomic mass is 10.1. The fraction of sp³-hybridized carbons (Fsp3) is 0.615. The van der Waals surface area contributed by atoms with Gasteiger partial charge in [0.05, 0.1) is 12.4 Å². The van der Waals surface area contributed by atoms with Crippen molar-refractivity contribution in [3.63, 3.8) is 0 Å². The number of furan rings is 1. The number of ether oxygens (including phenoxy) is 1. The molecule has 0 spiro atoms.